The average Bonchev–Trinajstić information content (AvgIpc) is 2.30. The molecule has 4 heteroatoms. The van der Waals surface area contributed by atoms with Crippen molar-refractivity contribution in [2.24, 2.45) is 5.92 Å². The Hall–Kier alpha value is -1.58. The minimum Gasteiger partial charge on any atom is -0.467 e. The van der Waals surface area contributed by atoms with Gasteiger partial charge in [0.1, 0.15) is 11.4 Å². The molecule has 0 spiro atoms. The van der Waals surface area contributed by atoms with E-state index in [2.05, 4.69) is 5.32 Å². The number of halogens is 1. The Labute approximate surface area is 101 Å². The van der Waals surface area contributed by atoms with Gasteiger partial charge in [0.05, 0.1) is 7.11 Å². The zero-order valence-corrected chi connectivity index (χ0v) is 10.6. The summed E-state index contributed by atoms with van der Waals surface area (Å²) in [5.74, 6) is -0.600. The summed E-state index contributed by atoms with van der Waals surface area (Å²) in [4.78, 5) is 11.8. The highest BCUT2D eigenvalue weighted by molar-refractivity contribution is 5.84. The van der Waals surface area contributed by atoms with Gasteiger partial charge < -0.3 is 10.1 Å². The summed E-state index contributed by atoms with van der Waals surface area (Å²) in [5.41, 5.74) is -0.139. The van der Waals surface area contributed by atoms with Gasteiger partial charge in [-0.1, -0.05) is 13.8 Å². The summed E-state index contributed by atoms with van der Waals surface area (Å²) in [6, 6.07) is 5.89. The first-order valence-corrected chi connectivity index (χ1v) is 5.52. The molecule has 0 heterocycles. The zero-order valence-electron chi connectivity index (χ0n) is 10.6. The molecule has 1 unspecified atom stereocenters. The summed E-state index contributed by atoms with van der Waals surface area (Å²) in [7, 11) is 1.36. The number of methoxy groups -OCH3 is 1. The van der Waals surface area contributed by atoms with Gasteiger partial charge in [-0.25, -0.2) is 9.18 Å². The molecule has 1 aromatic rings. The number of hydrogen-bond acceptors (Lipinski definition) is 3. The number of ether oxygens (including phenoxy) is 1. The second kappa shape index (κ2) is 5.17. The normalized spacial score (nSPS) is 14.2. The van der Waals surface area contributed by atoms with Crippen molar-refractivity contribution in [1.82, 2.24) is 0 Å². The summed E-state index contributed by atoms with van der Waals surface area (Å²) in [6.07, 6.45) is 0. The highest BCUT2D eigenvalue weighted by atomic mass is 19.1. The van der Waals surface area contributed by atoms with E-state index in [1.165, 1.54) is 19.2 Å². The molecule has 0 aliphatic carbocycles. The van der Waals surface area contributed by atoms with Crippen molar-refractivity contribution in [1.29, 1.82) is 0 Å². The van der Waals surface area contributed by atoms with E-state index in [0.29, 0.717) is 5.69 Å². The Morgan fingerprint density at radius 2 is 1.88 bits per heavy atom. The van der Waals surface area contributed by atoms with Crippen LogP contribution in [0.3, 0.4) is 0 Å². The lowest BCUT2D eigenvalue weighted by Crippen LogP contribution is -2.48. The SMILES string of the molecule is COC(=O)C(C)(Nc1ccc(F)cc1)C(C)C. The maximum Gasteiger partial charge on any atom is 0.331 e. The molecule has 0 bridgehead atoms. The van der Waals surface area contributed by atoms with E-state index in [1.807, 2.05) is 13.8 Å². The van der Waals surface area contributed by atoms with E-state index in [-0.39, 0.29) is 17.7 Å². The summed E-state index contributed by atoms with van der Waals surface area (Å²) < 4.78 is 17.6. The van der Waals surface area contributed by atoms with Gasteiger partial charge in [-0.15, -0.1) is 0 Å². The molecule has 3 nitrogen and oxygen atoms in total. The maximum atomic E-state index is 12.8. The molecule has 1 aromatic carbocycles. The van der Waals surface area contributed by atoms with Gasteiger partial charge in [-0.05, 0) is 37.1 Å². The smallest absolute Gasteiger partial charge is 0.331 e. The van der Waals surface area contributed by atoms with Crippen molar-refractivity contribution in [3.8, 4) is 0 Å². The van der Waals surface area contributed by atoms with E-state index in [1.54, 1.807) is 19.1 Å². The number of nitrogens with one attached hydrogen (secondary N) is 1. The van der Waals surface area contributed by atoms with Gasteiger partial charge in [0, 0.05) is 5.69 Å². The third-order valence-electron chi connectivity index (χ3n) is 3.01. The largest absolute Gasteiger partial charge is 0.467 e. The third-order valence-corrected chi connectivity index (χ3v) is 3.01. The molecule has 1 atom stereocenters. The lowest BCUT2D eigenvalue weighted by Gasteiger charge is -2.32. The van der Waals surface area contributed by atoms with E-state index in [9.17, 15) is 9.18 Å². The molecule has 0 amide bonds. The first-order valence-electron chi connectivity index (χ1n) is 5.52. The Balaban J connectivity index is 2.95. The lowest BCUT2D eigenvalue weighted by atomic mass is 9.88. The zero-order chi connectivity index (χ0) is 13.1. The molecule has 0 aromatic heterocycles. The van der Waals surface area contributed by atoms with Crippen molar-refractivity contribution < 1.29 is 13.9 Å². The molecule has 1 rings (SSSR count). The fourth-order valence-electron chi connectivity index (χ4n) is 1.48. The number of carbonyl (C=O) groups is 1. The quantitative estimate of drug-likeness (QED) is 0.821. The Morgan fingerprint density at radius 1 is 1.35 bits per heavy atom. The standard InChI is InChI=1S/C13H18FNO2/c1-9(2)13(3,12(16)17-4)15-11-7-5-10(14)6-8-11/h5-9,15H,1-4H3. The molecule has 1 N–H and O–H groups in total. The van der Waals surface area contributed by atoms with E-state index >= 15 is 0 Å². The number of carbonyl (C=O) groups excluding carboxylic acids is 1. The van der Waals surface area contributed by atoms with E-state index < -0.39 is 5.54 Å². The second-order valence-electron chi connectivity index (χ2n) is 4.48. The van der Waals surface area contributed by atoms with Crippen LogP contribution >= 0.6 is 0 Å². The molecule has 0 fully saturated rings. The fraction of sp³-hybridized carbons (Fsp3) is 0.462. The van der Waals surface area contributed by atoms with Crippen molar-refractivity contribution >= 4 is 11.7 Å². The number of benzene rings is 1. The molecular weight excluding hydrogens is 221 g/mol. The number of anilines is 1. The van der Waals surface area contributed by atoms with Crippen LogP contribution in [0.1, 0.15) is 20.8 Å². The van der Waals surface area contributed by atoms with Crippen LogP contribution in [-0.2, 0) is 9.53 Å². The van der Waals surface area contributed by atoms with Crippen molar-refractivity contribution in [2.45, 2.75) is 26.3 Å². The van der Waals surface area contributed by atoms with Gasteiger partial charge in [0.2, 0.25) is 0 Å². The third kappa shape index (κ3) is 2.96. The Morgan fingerprint density at radius 3 is 2.29 bits per heavy atom. The molecule has 0 aliphatic rings. The first kappa shape index (κ1) is 13.5. The number of hydrogen-bond donors (Lipinski definition) is 1. The molecule has 17 heavy (non-hydrogen) atoms. The minimum absolute atomic E-state index is 0.0417. The van der Waals surface area contributed by atoms with Gasteiger partial charge in [0.15, 0.2) is 0 Å². The van der Waals surface area contributed by atoms with Gasteiger partial charge in [0.25, 0.3) is 0 Å². The Bertz CT molecular complexity index is 389. The summed E-state index contributed by atoms with van der Waals surface area (Å²) >= 11 is 0. The monoisotopic (exact) mass is 239 g/mol. The highest BCUT2D eigenvalue weighted by Crippen LogP contribution is 2.24. The molecule has 0 saturated heterocycles. The van der Waals surface area contributed by atoms with Gasteiger partial charge in [-0.2, -0.15) is 0 Å². The first-order chi connectivity index (χ1) is 7.90. The summed E-state index contributed by atoms with van der Waals surface area (Å²) in [6.45, 7) is 5.62. The van der Waals surface area contributed by atoms with Crippen LogP contribution in [0.5, 0.6) is 0 Å². The number of esters is 1. The number of rotatable bonds is 4. The van der Waals surface area contributed by atoms with E-state index in [4.69, 9.17) is 4.74 Å². The summed E-state index contributed by atoms with van der Waals surface area (Å²) in [5, 5.41) is 3.09. The van der Waals surface area contributed by atoms with Crippen molar-refractivity contribution in [3.05, 3.63) is 30.1 Å². The second-order valence-corrected chi connectivity index (χ2v) is 4.48. The molecule has 94 valence electrons. The van der Waals surface area contributed by atoms with Crippen LogP contribution in [0.15, 0.2) is 24.3 Å². The van der Waals surface area contributed by atoms with Crippen LogP contribution in [0.4, 0.5) is 10.1 Å². The average molecular weight is 239 g/mol. The topological polar surface area (TPSA) is 38.3 Å². The highest BCUT2D eigenvalue weighted by Gasteiger charge is 2.37. The lowest BCUT2D eigenvalue weighted by molar-refractivity contribution is -0.146. The predicted octanol–water partition coefficient (Wildman–Crippen LogP) is 2.83. The predicted molar refractivity (Wildman–Crippen MR) is 65.3 cm³/mol. The van der Waals surface area contributed by atoms with Gasteiger partial charge in [-0.3, -0.25) is 0 Å². The van der Waals surface area contributed by atoms with Crippen LogP contribution in [0.2, 0.25) is 0 Å². The Kier molecular flexibility index (Phi) is 4.10. The molecular formula is C13H18FNO2. The van der Waals surface area contributed by atoms with Gasteiger partial charge >= 0.3 is 5.97 Å². The van der Waals surface area contributed by atoms with Crippen LogP contribution in [0.25, 0.3) is 0 Å². The van der Waals surface area contributed by atoms with Crippen LogP contribution in [-0.4, -0.2) is 18.6 Å². The molecule has 0 saturated carbocycles. The van der Waals surface area contributed by atoms with Crippen LogP contribution in [0, 0.1) is 11.7 Å². The maximum absolute atomic E-state index is 12.8. The minimum atomic E-state index is -0.827. The fourth-order valence-corrected chi connectivity index (χ4v) is 1.48. The van der Waals surface area contributed by atoms with Crippen molar-refractivity contribution in [2.75, 3.05) is 12.4 Å². The van der Waals surface area contributed by atoms with E-state index in [0.717, 1.165) is 0 Å². The molecule has 0 aliphatic heterocycles. The van der Waals surface area contributed by atoms with Crippen molar-refractivity contribution in [3.63, 3.8) is 0 Å². The van der Waals surface area contributed by atoms with Crippen LogP contribution < -0.4 is 5.32 Å². The molecule has 0 radical (unpaired) electrons.